The average Bonchev–Trinajstić information content (AvgIpc) is 2.30. The van der Waals surface area contributed by atoms with Gasteiger partial charge in [0.05, 0.1) is 11.0 Å². The Kier molecular flexibility index (Phi) is 16.0. The van der Waals surface area contributed by atoms with Crippen molar-refractivity contribution in [2.75, 3.05) is 20.6 Å². The predicted octanol–water partition coefficient (Wildman–Crippen LogP) is 7.59. The summed E-state index contributed by atoms with van der Waals surface area (Å²) in [5.74, 6) is -0.757. The molecule has 0 amide bonds. The SMILES string of the molecule is CC(C)(C)C(=O)O.CC(C)(C)C(C)(C)C.CC(C)(C)C(C)(C)O.CN(C)CC(C)(C)C. The summed E-state index contributed by atoms with van der Waals surface area (Å²) >= 11 is 0. The smallest absolute Gasteiger partial charge is 0.308 e. The molecular formula is C27H61NO3. The van der Waals surface area contributed by atoms with Crippen molar-refractivity contribution in [2.45, 2.75) is 123 Å². The van der Waals surface area contributed by atoms with Crippen LogP contribution in [-0.4, -0.2) is 47.3 Å². The Morgan fingerprint density at radius 1 is 0.613 bits per heavy atom. The summed E-state index contributed by atoms with van der Waals surface area (Å²) in [7, 11) is 4.20. The van der Waals surface area contributed by atoms with Crippen LogP contribution in [0.25, 0.3) is 0 Å². The first-order chi connectivity index (χ1) is 12.9. The van der Waals surface area contributed by atoms with Crippen molar-refractivity contribution in [3.63, 3.8) is 0 Å². The molecule has 4 nitrogen and oxygen atoms in total. The van der Waals surface area contributed by atoms with Gasteiger partial charge in [-0.05, 0) is 70.4 Å². The van der Waals surface area contributed by atoms with E-state index in [-0.39, 0.29) is 5.41 Å². The van der Waals surface area contributed by atoms with Crippen LogP contribution in [0.3, 0.4) is 0 Å². The van der Waals surface area contributed by atoms with Crippen molar-refractivity contribution < 1.29 is 15.0 Å². The summed E-state index contributed by atoms with van der Waals surface area (Å²) in [5.41, 5.74) is 0.170. The molecule has 192 valence electrons. The fourth-order valence-electron chi connectivity index (χ4n) is 0.949. The summed E-state index contributed by atoms with van der Waals surface area (Å²) in [6.45, 7) is 36.2. The Morgan fingerprint density at radius 2 is 0.806 bits per heavy atom. The largest absolute Gasteiger partial charge is 0.481 e. The van der Waals surface area contributed by atoms with E-state index < -0.39 is 17.0 Å². The monoisotopic (exact) mass is 447 g/mol. The number of nitrogens with zero attached hydrogens (tertiary/aromatic N) is 1. The summed E-state index contributed by atoms with van der Waals surface area (Å²) in [6.07, 6.45) is 0. The summed E-state index contributed by atoms with van der Waals surface area (Å²) in [6, 6.07) is 0. The molecule has 0 aliphatic rings. The van der Waals surface area contributed by atoms with Crippen LogP contribution in [-0.2, 0) is 4.79 Å². The zero-order valence-electron chi connectivity index (χ0n) is 25.0. The third-order valence-corrected chi connectivity index (χ3v) is 5.52. The third-order valence-electron chi connectivity index (χ3n) is 5.52. The molecule has 0 aromatic heterocycles. The summed E-state index contributed by atoms with van der Waals surface area (Å²) < 4.78 is 0. The zero-order valence-corrected chi connectivity index (χ0v) is 25.0. The topological polar surface area (TPSA) is 60.8 Å². The predicted molar refractivity (Wildman–Crippen MR) is 140 cm³/mol. The van der Waals surface area contributed by atoms with Crippen molar-refractivity contribution in [3.8, 4) is 0 Å². The van der Waals surface area contributed by atoms with Gasteiger partial charge in [0.2, 0.25) is 0 Å². The Balaban J connectivity index is -0.000000157. The highest BCUT2D eigenvalue weighted by Crippen LogP contribution is 2.36. The van der Waals surface area contributed by atoms with Gasteiger partial charge in [0.15, 0.2) is 0 Å². The van der Waals surface area contributed by atoms with E-state index in [0.717, 1.165) is 6.54 Å². The highest BCUT2D eigenvalue weighted by Gasteiger charge is 2.29. The van der Waals surface area contributed by atoms with Gasteiger partial charge in [-0.25, -0.2) is 0 Å². The molecule has 0 atom stereocenters. The molecule has 0 heterocycles. The number of aliphatic hydroxyl groups is 1. The molecule has 0 aromatic carbocycles. The molecule has 0 rings (SSSR count). The van der Waals surface area contributed by atoms with Crippen LogP contribution in [0, 0.1) is 27.1 Å². The summed E-state index contributed by atoms with van der Waals surface area (Å²) in [4.78, 5) is 12.2. The molecule has 0 bridgehead atoms. The maximum atomic E-state index is 10.0. The van der Waals surface area contributed by atoms with Crippen LogP contribution < -0.4 is 0 Å². The number of carbonyl (C=O) groups is 1. The Bertz CT molecular complexity index is 418. The van der Waals surface area contributed by atoms with Crippen molar-refractivity contribution in [3.05, 3.63) is 0 Å². The fraction of sp³-hybridized carbons (Fsp3) is 0.963. The van der Waals surface area contributed by atoms with Gasteiger partial charge in [-0.15, -0.1) is 0 Å². The van der Waals surface area contributed by atoms with Crippen LogP contribution in [0.15, 0.2) is 0 Å². The minimum absolute atomic E-state index is 0.00694. The minimum Gasteiger partial charge on any atom is -0.481 e. The molecule has 0 radical (unpaired) electrons. The van der Waals surface area contributed by atoms with Gasteiger partial charge in [0, 0.05) is 6.54 Å². The molecule has 0 fully saturated rings. The van der Waals surface area contributed by atoms with Gasteiger partial charge in [-0.2, -0.15) is 0 Å². The van der Waals surface area contributed by atoms with E-state index in [2.05, 4.69) is 81.3 Å². The van der Waals surface area contributed by atoms with Crippen molar-refractivity contribution >= 4 is 5.97 Å². The first-order valence-electron chi connectivity index (χ1n) is 11.5. The second-order valence-electron chi connectivity index (χ2n) is 14.7. The molecule has 0 spiro atoms. The number of carboxylic acid groups (broad SMARTS) is 1. The van der Waals surface area contributed by atoms with Crippen LogP contribution >= 0.6 is 0 Å². The molecule has 4 heteroatoms. The van der Waals surface area contributed by atoms with E-state index in [4.69, 9.17) is 5.11 Å². The lowest BCUT2D eigenvalue weighted by Crippen LogP contribution is -2.35. The lowest BCUT2D eigenvalue weighted by atomic mass is 9.71. The molecule has 0 saturated carbocycles. The van der Waals surface area contributed by atoms with E-state index >= 15 is 0 Å². The van der Waals surface area contributed by atoms with Gasteiger partial charge in [0.1, 0.15) is 0 Å². The Labute approximate surface area is 197 Å². The average molecular weight is 448 g/mol. The number of rotatable bonds is 1. The maximum absolute atomic E-state index is 10.0. The highest BCUT2D eigenvalue weighted by atomic mass is 16.4. The second-order valence-corrected chi connectivity index (χ2v) is 14.7. The Hall–Kier alpha value is -0.610. The van der Waals surface area contributed by atoms with Crippen LogP contribution in [0.5, 0.6) is 0 Å². The van der Waals surface area contributed by atoms with Gasteiger partial charge in [0.25, 0.3) is 0 Å². The number of aliphatic carboxylic acids is 1. The van der Waals surface area contributed by atoms with E-state index in [1.807, 2.05) is 34.6 Å². The van der Waals surface area contributed by atoms with Crippen LogP contribution in [0.1, 0.15) is 118 Å². The summed E-state index contributed by atoms with van der Waals surface area (Å²) in [5, 5.41) is 17.6. The number of carboxylic acids is 1. The first kappa shape index (κ1) is 37.7. The van der Waals surface area contributed by atoms with Crippen molar-refractivity contribution in [1.29, 1.82) is 0 Å². The van der Waals surface area contributed by atoms with Crippen molar-refractivity contribution in [1.82, 2.24) is 4.90 Å². The van der Waals surface area contributed by atoms with E-state index in [9.17, 15) is 9.90 Å². The maximum Gasteiger partial charge on any atom is 0.308 e. The van der Waals surface area contributed by atoms with E-state index in [1.54, 1.807) is 20.8 Å². The van der Waals surface area contributed by atoms with Gasteiger partial charge in [-0.3, -0.25) is 4.79 Å². The lowest BCUT2D eigenvalue weighted by molar-refractivity contribution is -0.145. The van der Waals surface area contributed by atoms with E-state index in [1.165, 1.54) is 0 Å². The molecule has 31 heavy (non-hydrogen) atoms. The van der Waals surface area contributed by atoms with Crippen LogP contribution in [0.4, 0.5) is 0 Å². The van der Waals surface area contributed by atoms with Gasteiger partial charge in [-0.1, -0.05) is 83.1 Å². The molecule has 0 unspecified atom stereocenters. The quantitative estimate of drug-likeness (QED) is 0.434. The first-order valence-corrected chi connectivity index (χ1v) is 11.5. The Morgan fingerprint density at radius 3 is 0.806 bits per heavy atom. The minimum atomic E-state index is -0.757. The van der Waals surface area contributed by atoms with Crippen LogP contribution in [0.2, 0.25) is 0 Å². The molecule has 0 aliphatic heterocycles. The zero-order chi connectivity index (χ0) is 26.9. The molecule has 0 saturated heterocycles. The molecule has 2 N–H and O–H groups in total. The van der Waals surface area contributed by atoms with Gasteiger partial charge >= 0.3 is 5.97 Å². The molecule has 0 aliphatic carbocycles. The molecule has 0 aromatic rings. The normalized spacial score (nSPS) is 13.2. The number of hydrogen-bond donors (Lipinski definition) is 2. The lowest BCUT2D eigenvalue weighted by Gasteiger charge is -2.34. The highest BCUT2D eigenvalue weighted by molar-refractivity contribution is 5.72. The van der Waals surface area contributed by atoms with Gasteiger partial charge < -0.3 is 15.1 Å². The molecular weight excluding hydrogens is 386 g/mol. The number of hydrogen-bond acceptors (Lipinski definition) is 3. The van der Waals surface area contributed by atoms with Crippen molar-refractivity contribution in [2.24, 2.45) is 27.1 Å². The fourth-order valence-corrected chi connectivity index (χ4v) is 0.949. The third kappa shape index (κ3) is 27.4. The van der Waals surface area contributed by atoms with E-state index in [0.29, 0.717) is 16.2 Å². The second kappa shape index (κ2) is 13.2. The standard InChI is InChI=1S/C8H18.C7H17N.C7H16O.C5H10O2/c1-7(2,3)8(4,5)6;1-7(2,3)6-8(4)5;1-6(2,3)7(4,5)8;1-5(2,3)4(6)7/h1-6H3;6H2,1-5H3;8H,1-5H3;1-3H3,(H,6,7).